The Hall–Kier alpha value is -2.07. The molecule has 3 nitrogen and oxygen atoms in total. The van der Waals surface area contributed by atoms with Crippen LogP contribution in [0, 0.1) is 5.82 Å². The number of anilines is 2. The first-order valence-electron chi connectivity index (χ1n) is 5.08. The van der Waals surface area contributed by atoms with Crippen LogP contribution >= 0.6 is 12.4 Å². The third-order valence-corrected chi connectivity index (χ3v) is 2.31. The van der Waals surface area contributed by atoms with Gasteiger partial charge in [-0.3, -0.25) is 4.79 Å². The molecule has 0 saturated heterocycles. The summed E-state index contributed by atoms with van der Waals surface area (Å²) in [5.41, 5.74) is 7.02. The summed E-state index contributed by atoms with van der Waals surface area (Å²) >= 11 is 0. The maximum absolute atomic E-state index is 12.7. The lowest BCUT2D eigenvalue weighted by molar-refractivity contribution is 0.102. The fourth-order valence-corrected chi connectivity index (χ4v) is 1.44. The Morgan fingerprint density at radius 2 is 1.67 bits per heavy atom. The number of nitrogens with two attached hydrogens (primary N) is 1. The standard InChI is InChI=1S/C13H11FN2O.ClH/c14-9-5-7-10(8-6-9)16-13(17)11-3-1-2-4-12(11)15;/h1-8H,15H2,(H,16,17);1H. The summed E-state index contributed by atoms with van der Waals surface area (Å²) in [5, 5.41) is 2.64. The van der Waals surface area contributed by atoms with Crippen LogP contribution in [-0.2, 0) is 0 Å². The normalized spacial score (nSPS) is 9.39. The van der Waals surface area contributed by atoms with Crippen LogP contribution in [0.2, 0.25) is 0 Å². The number of amides is 1. The van der Waals surface area contributed by atoms with Gasteiger partial charge in [0.1, 0.15) is 5.82 Å². The first-order valence-corrected chi connectivity index (χ1v) is 5.08. The number of rotatable bonds is 2. The second-order valence-electron chi connectivity index (χ2n) is 3.55. The van der Waals surface area contributed by atoms with E-state index in [1.54, 1.807) is 24.3 Å². The van der Waals surface area contributed by atoms with Gasteiger partial charge in [0, 0.05) is 11.4 Å². The van der Waals surface area contributed by atoms with Crippen LogP contribution in [0.3, 0.4) is 0 Å². The lowest BCUT2D eigenvalue weighted by Crippen LogP contribution is -2.13. The smallest absolute Gasteiger partial charge is 0.257 e. The van der Waals surface area contributed by atoms with Gasteiger partial charge in [-0.2, -0.15) is 0 Å². The van der Waals surface area contributed by atoms with Gasteiger partial charge in [-0.25, -0.2) is 4.39 Å². The van der Waals surface area contributed by atoms with Crippen molar-refractivity contribution < 1.29 is 9.18 Å². The topological polar surface area (TPSA) is 55.1 Å². The van der Waals surface area contributed by atoms with Crippen molar-refractivity contribution in [1.29, 1.82) is 0 Å². The van der Waals surface area contributed by atoms with Gasteiger partial charge in [0.05, 0.1) is 5.56 Å². The van der Waals surface area contributed by atoms with Crippen LogP contribution in [0.5, 0.6) is 0 Å². The Bertz CT molecular complexity index is 543. The van der Waals surface area contributed by atoms with Crippen molar-refractivity contribution in [2.24, 2.45) is 0 Å². The van der Waals surface area contributed by atoms with Gasteiger partial charge in [-0.1, -0.05) is 12.1 Å². The number of hydrogen-bond acceptors (Lipinski definition) is 2. The molecular weight excluding hydrogens is 255 g/mol. The summed E-state index contributed by atoms with van der Waals surface area (Å²) < 4.78 is 12.7. The van der Waals surface area contributed by atoms with Crippen molar-refractivity contribution in [3.05, 3.63) is 59.9 Å². The molecular formula is C13H12ClFN2O. The van der Waals surface area contributed by atoms with Gasteiger partial charge in [0.25, 0.3) is 5.91 Å². The van der Waals surface area contributed by atoms with E-state index >= 15 is 0 Å². The zero-order valence-electron chi connectivity index (χ0n) is 9.39. The first kappa shape index (κ1) is 14.0. The molecule has 0 bridgehead atoms. The fraction of sp³-hybridized carbons (Fsp3) is 0. The predicted octanol–water partition coefficient (Wildman–Crippen LogP) is 3.08. The van der Waals surface area contributed by atoms with Crippen molar-refractivity contribution >= 4 is 29.7 Å². The third-order valence-electron chi connectivity index (χ3n) is 2.31. The van der Waals surface area contributed by atoms with Gasteiger partial charge in [0.2, 0.25) is 0 Å². The van der Waals surface area contributed by atoms with Gasteiger partial charge in [-0.15, -0.1) is 12.4 Å². The number of para-hydroxylation sites is 1. The van der Waals surface area contributed by atoms with Gasteiger partial charge in [-0.05, 0) is 36.4 Å². The highest BCUT2D eigenvalue weighted by molar-refractivity contribution is 6.07. The second kappa shape index (κ2) is 6.02. The summed E-state index contributed by atoms with van der Waals surface area (Å²) in [7, 11) is 0. The van der Waals surface area contributed by atoms with Crippen molar-refractivity contribution in [2.45, 2.75) is 0 Å². The number of carbonyl (C=O) groups is 1. The Kier molecular flexibility index (Phi) is 4.68. The van der Waals surface area contributed by atoms with E-state index in [1.807, 2.05) is 0 Å². The molecule has 0 aliphatic rings. The number of nitrogens with one attached hydrogen (secondary N) is 1. The Morgan fingerprint density at radius 3 is 2.28 bits per heavy atom. The molecule has 1 amide bonds. The number of benzene rings is 2. The van der Waals surface area contributed by atoms with Gasteiger partial charge < -0.3 is 11.1 Å². The highest BCUT2D eigenvalue weighted by Crippen LogP contribution is 2.14. The van der Waals surface area contributed by atoms with E-state index in [4.69, 9.17) is 5.73 Å². The van der Waals surface area contributed by atoms with Gasteiger partial charge >= 0.3 is 0 Å². The fourth-order valence-electron chi connectivity index (χ4n) is 1.44. The van der Waals surface area contributed by atoms with Crippen LogP contribution in [0.1, 0.15) is 10.4 Å². The van der Waals surface area contributed by atoms with E-state index in [-0.39, 0.29) is 24.1 Å². The van der Waals surface area contributed by atoms with Crippen LogP contribution in [0.15, 0.2) is 48.5 Å². The molecule has 0 spiro atoms. The molecule has 0 saturated carbocycles. The minimum absolute atomic E-state index is 0. The van der Waals surface area contributed by atoms with Crippen LogP contribution in [0.25, 0.3) is 0 Å². The van der Waals surface area contributed by atoms with Crippen LogP contribution in [0.4, 0.5) is 15.8 Å². The molecule has 18 heavy (non-hydrogen) atoms. The average Bonchev–Trinajstić information content (AvgIpc) is 2.32. The first-order chi connectivity index (χ1) is 8.16. The summed E-state index contributed by atoms with van der Waals surface area (Å²) in [6.45, 7) is 0. The molecule has 5 heteroatoms. The number of carbonyl (C=O) groups excluding carboxylic acids is 1. The van der Waals surface area contributed by atoms with Crippen molar-refractivity contribution in [3.8, 4) is 0 Å². The molecule has 2 aromatic carbocycles. The second-order valence-corrected chi connectivity index (χ2v) is 3.55. The Labute approximate surface area is 110 Å². The summed E-state index contributed by atoms with van der Waals surface area (Å²) in [4.78, 5) is 11.8. The third kappa shape index (κ3) is 3.21. The van der Waals surface area contributed by atoms with E-state index in [0.29, 0.717) is 16.9 Å². The summed E-state index contributed by atoms with van der Waals surface area (Å²) in [6.07, 6.45) is 0. The molecule has 2 aromatic rings. The Balaban J connectivity index is 0.00000162. The van der Waals surface area contributed by atoms with E-state index in [1.165, 1.54) is 24.3 Å². The molecule has 0 heterocycles. The molecule has 0 aliphatic heterocycles. The molecule has 3 N–H and O–H groups in total. The molecule has 0 aliphatic carbocycles. The predicted molar refractivity (Wildman–Crippen MR) is 72.5 cm³/mol. The SMILES string of the molecule is Cl.Nc1ccccc1C(=O)Nc1ccc(F)cc1. The zero-order valence-corrected chi connectivity index (χ0v) is 10.2. The number of nitrogen functional groups attached to an aromatic ring is 1. The van der Waals surface area contributed by atoms with E-state index in [9.17, 15) is 9.18 Å². The van der Waals surface area contributed by atoms with E-state index in [2.05, 4.69) is 5.32 Å². The minimum Gasteiger partial charge on any atom is -0.398 e. The molecule has 94 valence electrons. The molecule has 0 fully saturated rings. The minimum atomic E-state index is -0.345. The molecule has 0 unspecified atom stereocenters. The number of hydrogen-bond donors (Lipinski definition) is 2. The lowest BCUT2D eigenvalue weighted by atomic mass is 10.1. The lowest BCUT2D eigenvalue weighted by Gasteiger charge is -2.07. The van der Waals surface area contributed by atoms with Gasteiger partial charge in [0.15, 0.2) is 0 Å². The van der Waals surface area contributed by atoms with Crippen LogP contribution in [-0.4, -0.2) is 5.91 Å². The highest BCUT2D eigenvalue weighted by Gasteiger charge is 2.08. The van der Waals surface area contributed by atoms with Crippen molar-refractivity contribution in [1.82, 2.24) is 0 Å². The van der Waals surface area contributed by atoms with Crippen molar-refractivity contribution in [3.63, 3.8) is 0 Å². The Morgan fingerprint density at radius 1 is 1.06 bits per heavy atom. The van der Waals surface area contributed by atoms with Crippen LogP contribution < -0.4 is 11.1 Å². The summed E-state index contributed by atoms with van der Waals surface area (Å²) in [6, 6.07) is 12.3. The largest absolute Gasteiger partial charge is 0.398 e. The van der Waals surface area contributed by atoms with E-state index in [0.717, 1.165) is 0 Å². The molecule has 2 rings (SSSR count). The molecule has 0 atom stereocenters. The zero-order chi connectivity index (χ0) is 12.3. The molecule has 0 radical (unpaired) electrons. The monoisotopic (exact) mass is 266 g/mol. The number of halogens is 2. The van der Waals surface area contributed by atoms with Crippen molar-refractivity contribution in [2.75, 3.05) is 11.1 Å². The summed E-state index contributed by atoms with van der Waals surface area (Å²) in [5.74, 6) is -0.656. The highest BCUT2D eigenvalue weighted by atomic mass is 35.5. The average molecular weight is 267 g/mol. The maximum atomic E-state index is 12.7. The quantitative estimate of drug-likeness (QED) is 0.821. The molecule has 0 aromatic heterocycles. The maximum Gasteiger partial charge on any atom is 0.257 e. The van der Waals surface area contributed by atoms with E-state index < -0.39 is 0 Å².